The third-order valence-electron chi connectivity index (χ3n) is 2.33. The zero-order valence-electron chi connectivity index (χ0n) is 8.41. The third-order valence-corrected chi connectivity index (χ3v) is 2.88. The lowest BCUT2D eigenvalue weighted by atomic mass is 10.1. The van der Waals surface area contributed by atoms with Gasteiger partial charge in [0.1, 0.15) is 5.69 Å². The summed E-state index contributed by atoms with van der Waals surface area (Å²) in [6.45, 7) is 1.51. The van der Waals surface area contributed by atoms with Gasteiger partial charge in [0.25, 0.3) is 5.91 Å². The van der Waals surface area contributed by atoms with Crippen molar-refractivity contribution >= 4 is 17.7 Å². The fourth-order valence-electron chi connectivity index (χ4n) is 1.62. The first-order valence-corrected chi connectivity index (χ1v) is 5.89. The van der Waals surface area contributed by atoms with Crippen LogP contribution in [0.5, 0.6) is 0 Å². The van der Waals surface area contributed by atoms with Gasteiger partial charge < -0.3 is 11.1 Å². The molecule has 80 valence electrons. The Balaban J connectivity index is 2.55. The molecule has 15 heavy (non-hydrogen) atoms. The highest BCUT2D eigenvalue weighted by Gasteiger charge is 2.19. The van der Waals surface area contributed by atoms with E-state index in [0.29, 0.717) is 17.4 Å². The van der Waals surface area contributed by atoms with E-state index in [1.807, 2.05) is 6.26 Å². The van der Waals surface area contributed by atoms with Crippen LogP contribution in [-0.4, -0.2) is 28.7 Å². The molecule has 0 saturated carbocycles. The van der Waals surface area contributed by atoms with Crippen molar-refractivity contribution in [3.05, 3.63) is 17.0 Å². The number of thioether (sulfide) groups is 1. The van der Waals surface area contributed by atoms with Crippen molar-refractivity contribution in [3.63, 3.8) is 0 Å². The summed E-state index contributed by atoms with van der Waals surface area (Å²) in [6.07, 6.45) is 2.71. The van der Waals surface area contributed by atoms with Crippen LogP contribution < -0.4 is 11.1 Å². The first kappa shape index (κ1) is 10.4. The number of nitrogens with zero attached hydrogens (tertiary/aromatic N) is 2. The lowest BCUT2D eigenvalue weighted by molar-refractivity contribution is 0.0993. The molecule has 0 bridgehead atoms. The Bertz CT molecular complexity index is 407. The van der Waals surface area contributed by atoms with E-state index in [-0.39, 0.29) is 0 Å². The average molecular weight is 224 g/mol. The van der Waals surface area contributed by atoms with Crippen LogP contribution in [0, 0.1) is 0 Å². The number of carbonyl (C=O) groups excluding carboxylic acids is 1. The van der Waals surface area contributed by atoms with Crippen LogP contribution >= 0.6 is 11.8 Å². The Morgan fingerprint density at radius 2 is 2.33 bits per heavy atom. The van der Waals surface area contributed by atoms with E-state index in [4.69, 9.17) is 5.73 Å². The maximum absolute atomic E-state index is 11.2. The van der Waals surface area contributed by atoms with Crippen LogP contribution in [0.1, 0.15) is 21.7 Å². The van der Waals surface area contributed by atoms with E-state index in [0.717, 1.165) is 24.2 Å². The topological polar surface area (TPSA) is 80.9 Å². The highest BCUT2D eigenvalue weighted by atomic mass is 32.2. The van der Waals surface area contributed by atoms with Crippen LogP contribution in [0.3, 0.4) is 0 Å². The van der Waals surface area contributed by atoms with E-state index in [1.54, 1.807) is 0 Å². The molecule has 5 nitrogen and oxygen atoms in total. The molecule has 0 aromatic carbocycles. The Morgan fingerprint density at radius 3 is 3.00 bits per heavy atom. The van der Waals surface area contributed by atoms with Crippen molar-refractivity contribution in [1.29, 1.82) is 0 Å². The van der Waals surface area contributed by atoms with E-state index in [2.05, 4.69) is 15.3 Å². The molecule has 0 unspecified atom stereocenters. The number of carbonyl (C=O) groups is 1. The highest BCUT2D eigenvalue weighted by Crippen LogP contribution is 2.19. The van der Waals surface area contributed by atoms with Gasteiger partial charge in [0.15, 0.2) is 5.16 Å². The fourth-order valence-corrected chi connectivity index (χ4v) is 2.00. The molecule has 0 saturated heterocycles. The zero-order chi connectivity index (χ0) is 10.8. The summed E-state index contributed by atoms with van der Waals surface area (Å²) in [5.41, 5.74) is 7.45. The van der Waals surface area contributed by atoms with Gasteiger partial charge in [-0.15, -0.1) is 0 Å². The standard InChI is InChI=1S/C9H12N4OS/c1-15-9-12-6-2-3-11-4-5(6)7(13-9)8(10)14/h11H,2-4H2,1H3,(H2,10,14). The van der Waals surface area contributed by atoms with Crippen LogP contribution in [0.25, 0.3) is 0 Å². The van der Waals surface area contributed by atoms with Crippen molar-refractivity contribution in [2.75, 3.05) is 12.8 Å². The SMILES string of the molecule is CSc1nc2c(c(C(N)=O)n1)CNCC2. The molecule has 0 fully saturated rings. The Kier molecular flexibility index (Phi) is 2.88. The van der Waals surface area contributed by atoms with Gasteiger partial charge in [-0.3, -0.25) is 4.79 Å². The zero-order valence-corrected chi connectivity index (χ0v) is 9.23. The number of amides is 1. The third kappa shape index (κ3) is 1.95. The second-order valence-corrected chi connectivity index (χ2v) is 4.05. The molecule has 3 N–H and O–H groups in total. The van der Waals surface area contributed by atoms with Crippen molar-refractivity contribution in [2.45, 2.75) is 18.1 Å². The van der Waals surface area contributed by atoms with Gasteiger partial charge in [-0.1, -0.05) is 11.8 Å². The fraction of sp³-hybridized carbons (Fsp3) is 0.444. The summed E-state index contributed by atoms with van der Waals surface area (Å²) < 4.78 is 0. The second kappa shape index (κ2) is 4.16. The van der Waals surface area contributed by atoms with Gasteiger partial charge >= 0.3 is 0 Å². The number of nitrogens with two attached hydrogens (primary N) is 1. The number of fused-ring (bicyclic) bond motifs is 1. The molecule has 1 aromatic heterocycles. The van der Waals surface area contributed by atoms with E-state index >= 15 is 0 Å². The molecule has 0 spiro atoms. The summed E-state index contributed by atoms with van der Waals surface area (Å²) in [4.78, 5) is 19.8. The molecule has 2 heterocycles. The predicted octanol–water partition coefficient (Wildman–Crippen LogP) is -0.0569. The number of aromatic nitrogens is 2. The van der Waals surface area contributed by atoms with Gasteiger partial charge in [-0.25, -0.2) is 9.97 Å². The van der Waals surface area contributed by atoms with Crippen molar-refractivity contribution in [3.8, 4) is 0 Å². The van der Waals surface area contributed by atoms with Crippen molar-refractivity contribution in [1.82, 2.24) is 15.3 Å². The molecule has 1 aliphatic rings. The van der Waals surface area contributed by atoms with Crippen molar-refractivity contribution < 1.29 is 4.79 Å². The average Bonchev–Trinajstić information content (AvgIpc) is 2.27. The Labute approximate surface area is 91.9 Å². The minimum absolute atomic E-state index is 0.358. The molecule has 2 rings (SSSR count). The lowest BCUT2D eigenvalue weighted by Crippen LogP contribution is -2.29. The first-order valence-electron chi connectivity index (χ1n) is 4.66. The maximum atomic E-state index is 11.2. The Morgan fingerprint density at radius 1 is 1.53 bits per heavy atom. The molecule has 1 aromatic rings. The van der Waals surface area contributed by atoms with Gasteiger partial charge in [-0.05, 0) is 6.26 Å². The molecule has 6 heteroatoms. The predicted molar refractivity (Wildman–Crippen MR) is 57.7 cm³/mol. The minimum atomic E-state index is -0.479. The number of hydrogen-bond acceptors (Lipinski definition) is 5. The van der Waals surface area contributed by atoms with Crippen LogP contribution in [0.15, 0.2) is 5.16 Å². The van der Waals surface area contributed by atoms with Crippen molar-refractivity contribution in [2.24, 2.45) is 5.73 Å². The van der Waals surface area contributed by atoms with Gasteiger partial charge in [-0.2, -0.15) is 0 Å². The van der Waals surface area contributed by atoms with Gasteiger partial charge in [0, 0.05) is 25.1 Å². The molecule has 1 amide bonds. The number of nitrogens with one attached hydrogen (secondary N) is 1. The lowest BCUT2D eigenvalue weighted by Gasteiger charge is -2.18. The van der Waals surface area contributed by atoms with E-state index < -0.39 is 5.91 Å². The molecule has 0 radical (unpaired) electrons. The van der Waals surface area contributed by atoms with E-state index in [9.17, 15) is 4.79 Å². The number of primary amides is 1. The Hall–Kier alpha value is -1.14. The summed E-state index contributed by atoms with van der Waals surface area (Å²) in [5.74, 6) is -0.479. The molecule has 0 atom stereocenters. The molecule has 1 aliphatic heterocycles. The molecular formula is C9H12N4OS. The number of hydrogen-bond donors (Lipinski definition) is 2. The molecule has 0 aliphatic carbocycles. The minimum Gasteiger partial charge on any atom is -0.364 e. The quantitative estimate of drug-likeness (QED) is 0.543. The van der Waals surface area contributed by atoms with Crippen LogP contribution in [-0.2, 0) is 13.0 Å². The second-order valence-electron chi connectivity index (χ2n) is 3.28. The first-order chi connectivity index (χ1) is 7.22. The van der Waals surface area contributed by atoms with Crippen LogP contribution in [0.2, 0.25) is 0 Å². The van der Waals surface area contributed by atoms with Gasteiger partial charge in [0.05, 0.1) is 5.69 Å². The maximum Gasteiger partial charge on any atom is 0.267 e. The largest absolute Gasteiger partial charge is 0.364 e. The summed E-state index contributed by atoms with van der Waals surface area (Å²) in [7, 11) is 0. The highest BCUT2D eigenvalue weighted by molar-refractivity contribution is 7.98. The van der Waals surface area contributed by atoms with E-state index in [1.165, 1.54) is 11.8 Å². The summed E-state index contributed by atoms with van der Waals surface area (Å²) >= 11 is 1.42. The van der Waals surface area contributed by atoms with Gasteiger partial charge in [0.2, 0.25) is 0 Å². The summed E-state index contributed by atoms with van der Waals surface area (Å²) in [5, 5.41) is 3.79. The summed E-state index contributed by atoms with van der Waals surface area (Å²) in [6, 6.07) is 0. The van der Waals surface area contributed by atoms with Crippen LogP contribution in [0.4, 0.5) is 0 Å². The number of rotatable bonds is 2. The monoisotopic (exact) mass is 224 g/mol. The smallest absolute Gasteiger partial charge is 0.267 e. The molecular weight excluding hydrogens is 212 g/mol. The normalized spacial score (nSPS) is 14.7.